The summed E-state index contributed by atoms with van der Waals surface area (Å²) in [5.41, 5.74) is 3.31. The monoisotopic (exact) mass is 314 g/mol. The lowest BCUT2D eigenvalue weighted by Crippen LogP contribution is -2.06. The quantitative estimate of drug-likeness (QED) is 0.583. The van der Waals surface area contributed by atoms with Gasteiger partial charge >= 0.3 is 0 Å². The molecule has 4 rings (SSSR count). The van der Waals surface area contributed by atoms with E-state index in [0.717, 1.165) is 22.8 Å². The molecule has 1 aliphatic rings. The SMILES string of the molecule is CC(=O)Nc1ccc2c(c1)-c1ncnn1Cc1c(Cl)ncn1-2. The lowest BCUT2D eigenvalue weighted by molar-refractivity contribution is -0.114. The largest absolute Gasteiger partial charge is 0.326 e. The number of fused-ring (bicyclic) bond motifs is 5. The van der Waals surface area contributed by atoms with Gasteiger partial charge in [-0.25, -0.2) is 14.6 Å². The third kappa shape index (κ3) is 1.90. The van der Waals surface area contributed by atoms with Gasteiger partial charge in [-0.05, 0) is 18.2 Å². The Labute approximate surface area is 130 Å². The number of nitrogens with zero attached hydrogens (tertiary/aromatic N) is 5. The minimum Gasteiger partial charge on any atom is -0.326 e. The lowest BCUT2D eigenvalue weighted by Gasteiger charge is -2.10. The Balaban J connectivity index is 1.99. The van der Waals surface area contributed by atoms with Gasteiger partial charge in [0.2, 0.25) is 5.91 Å². The van der Waals surface area contributed by atoms with Gasteiger partial charge in [-0.2, -0.15) is 5.10 Å². The molecule has 0 radical (unpaired) electrons. The topological polar surface area (TPSA) is 77.6 Å². The van der Waals surface area contributed by atoms with Crippen LogP contribution >= 0.6 is 11.6 Å². The number of carbonyl (C=O) groups is 1. The number of nitrogens with one attached hydrogen (secondary N) is 1. The van der Waals surface area contributed by atoms with E-state index in [4.69, 9.17) is 11.6 Å². The van der Waals surface area contributed by atoms with Crippen LogP contribution in [0.2, 0.25) is 5.15 Å². The standard InChI is InChI=1S/C14H11ClN6O/c1-8(22)19-9-2-3-11-10(4-9)14-16-6-18-21(14)5-12-13(15)17-7-20(11)12/h2-4,6-7H,5H2,1H3,(H,19,22). The molecule has 1 aromatic carbocycles. The molecule has 7 nitrogen and oxygen atoms in total. The van der Waals surface area contributed by atoms with Crippen LogP contribution in [0, 0.1) is 0 Å². The third-order valence-corrected chi connectivity index (χ3v) is 3.86. The highest BCUT2D eigenvalue weighted by Gasteiger charge is 2.23. The van der Waals surface area contributed by atoms with Crippen molar-refractivity contribution in [3.63, 3.8) is 0 Å². The summed E-state index contributed by atoms with van der Waals surface area (Å²) in [5, 5.41) is 7.47. The molecular formula is C14H11ClN6O. The second-order valence-corrected chi connectivity index (χ2v) is 5.36. The maximum Gasteiger partial charge on any atom is 0.221 e. The Kier molecular flexibility index (Phi) is 2.77. The number of amides is 1. The van der Waals surface area contributed by atoms with Crippen LogP contribution in [0.1, 0.15) is 12.6 Å². The molecule has 0 saturated heterocycles. The van der Waals surface area contributed by atoms with E-state index in [-0.39, 0.29) is 5.91 Å². The van der Waals surface area contributed by atoms with Crippen LogP contribution in [-0.2, 0) is 11.3 Å². The van der Waals surface area contributed by atoms with Crippen molar-refractivity contribution in [2.75, 3.05) is 5.32 Å². The van der Waals surface area contributed by atoms with Crippen LogP contribution in [0.4, 0.5) is 5.69 Å². The second-order valence-electron chi connectivity index (χ2n) is 5.01. The molecule has 8 heteroatoms. The maximum absolute atomic E-state index is 11.3. The van der Waals surface area contributed by atoms with Gasteiger partial charge in [-0.1, -0.05) is 11.6 Å². The van der Waals surface area contributed by atoms with E-state index in [1.165, 1.54) is 13.3 Å². The lowest BCUT2D eigenvalue weighted by atomic mass is 10.1. The molecule has 0 unspecified atom stereocenters. The normalized spacial score (nSPS) is 12.1. The van der Waals surface area contributed by atoms with E-state index in [1.807, 2.05) is 22.8 Å². The molecule has 1 amide bonds. The Hall–Kier alpha value is -2.67. The molecule has 3 heterocycles. The molecule has 1 N–H and O–H groups in total. The van der Waals surface area contributed by atoms with Crippen molar-refractivity contribution in [3.05, 3.63) is 41.7 Å². The third-order valence-electron chi connectivity index (χ3n) is 3.55. The fraction of sp³-hybridized carbons (Fsp3) is 0.143. The van der Waals surface area contributed by atoms with Crippen molar-refractivity contribution in [3.8, 4) is 17.1 Å². The molecule has 2 aromatic heterocycles. The zero-order valence-corrected chi connectivity index (χ0v) is 12.4. The molecule has 0 atom stereocenters. The number of carbonyl (C=O) groups excluding carboxylic acids is 1. The van der Waals surface area contributed by atoms with E-state index in [0.29, 0.717) is 17.4 Å². The van der Waals surface area contributed by atoms with Gasteiger partial charge < -0.3 is 5.32 Å². The van der Waals surface area contributed by atoms with Gasteiger partial charge in [0.05, 0.1) is 17.9 Å². The molecular weight excluding hydrogens is 304 g/mol. The van der Waals surface area contributed by atoms with Gasteiger partial charge in [-0.15, -0.1) is 0 Å². The first-order chi connectivity index (χ1) is 10.6. The first kappa shape index (κ1) is 13.0. The summed E-state index contributed by atoms with van der Waals surface area (Å²) >= 11 is 6.18. The zero-order chi connectivity index (χ0) is 15.3. The van der Waals surface area contributed by atoms with Crippen LogP contribution in [-0.4, -0.2) is 30.2 Å². The fourth-order valence-electron chi connectivity index (χ4n) is 2.64. The van der Waals surface area contributed by atoms with Crippen LogP contribution in [0.3, 0.4) is 0 Å². The predicted molar refractivity (Wildman–Crippen MR) is 81.0 cm³/mol. The Morgan fingerprint density at radius 2 is 2.23 bits per heavy atom. The van der Waals surface area contributed by atoms with Crippen molar-refractivity contribution in [1.82, 2.24) is 24.3 Å². The van der Waals surface area contributed by atoms with Gasteiger partial charge in [0.25, 0.3) is 0 Å². The molecule has 22 heavy (non-hydrogen) atoms. The van der Waals surface area contributed by atoms with E-state index in [9.17, 15) is 4.79 Å². The van der Waals surface area contributed by atoms with E-state index < -0.39 is 0 Å². The molecule has 0 aliphatic carbocycles. The Bertz CT molecular complexity index is 897. The van der Waals surface area contributed by atoms with Gasteiger partial charge in [0, 0.05) is 18.2 Å². The van der Waals surface area contributed by atoms with Crippen LogP contribution in [0.5, 0.6) is 0 Å². The van der Waals surface area contributed by atoms with E-state index >= 15 is 0 Å². The van der Waals surface area contributed by atoms with Crippen LogP contribution in [0.25, 0.3) is 17.1 Å². The van der Waals surface area contributed by atoms with Crippen molar-refractivity contribution >= 4 is 23.2 Å². The predicted octanol–water partition coefficient (Wildman–Crippen LogP) is 2.10. The zero-order valence-electron chi connectivity index (χ0n) is 11.6. The van der Waals surface area contributed by atoms with E-state index in [2.05, 4.69) is 20.4 Å². The van der Waals surface area contributed by atoms with Crippen molar-refractivity contribution in [2.45, 2.75) is 13.5 Å². The second kappa shape index (κ2) is 4.67. The molecule has 0 fully saturated rings. The molecule has 3 aromatic rings. The number of aromatic nitrogens is 5. The summed E-state index contributed by atoms with van der Waals surface area (Å²) in [6.07, 6.45) is 3.19. The average molecular weight is 315 g/mol. The number of benzene rings is 1. The van der Waals surface area contributed by atoms with Crippen molar-refractivity contribution < 1.29 is 4.79 Å². The summed E-state index contributed by atoms with van der Waals surface area (Å²) in [6.45, 7) is 1.96. The highest BCUT2D eigenvalue weighted by Crippen LogP contribution is 2.33. The van der Waals surface area contributed by atoms with E-state index in [1.54, 1.807) is 11.0 Å². The Morgan fingerprint density at radius 1 is 1.36 bits per heavy atom. The number of imidazole rings is 1. The maximum atomic E-state index is 11.3. The first-order valence-electron chi connectivity index (χ1n) is 6.65. The smallest absolute Gasteiger partial charge is 0.221 e. The van der Waals surface area contributed by atoms with Crippen LogP contribution in [0.15, 0.2) is 30.9 Å². The molecule has 0 saturated carbocycles. The van der Waals surface area contributed by atoms with Gasteiger partial charge in [0.15, 0.2) is 11.0 Å². The van der Waals surface area contributed by atoms with Crippen molar-refractivity contribution in [1.29, 1.82) is 0 Å². The first-order valence-corrected chi connectivity index (χ1v) is 7.03. The van der Waals surface area contributed by atoms with Crippen LogP contribution < -0.4 is 5.32 Å². The summed E-state index contributed by atoms with van der Waals surface area (Å²) in [4.78, 5) is 19.8. The van der Waals surface area contributed by atoms with Gasteiger partial charge in [0.1, 0.15) is 12.7 Å². The Morgan fingerprint density at radius 3 is 3.05 bits per heavy atom. The minimum atomic E-state index is -0.124. The summed E-state index contributed by atoms with van der Waals surface area (Å²) in [6, 6.07) is 5.62. The fourth-order valence-corrected chi connectivity index (χ4v) is 2.83. The summed E-state index contributed by atoms with van der Waals surface area (Å²) < 4.78 is 3.69. The van der Waals surface area contributed by atoms with Gasteiger partial charge in [-0.3, -0.25) is 9.36 Å². The number of rotatable bonds is 1. The number of hydrogen-bond acceptors (Lipinski definition) is 4. The molecule has 0 bridgehead atoms. The molecule has 0 spiro atoms. The number of anilines is 1. The number of hydrogen-bond donors (Lipinski definition) is 1. The highest BCUT2D eigenvalue weighted by atomic mass is 35.5. The summed E-state index contributed by atoms with van der Waals surface area (Å²) in [7, 11) is 0. The summed E-state index contributed by atoms with van der Waals surface area (Å²) in [5.74, 6) is 0.600. The van der Waals surface area contributed by atoms with Crippen molar-refractivity contribution in [2.24, 2.45) is 0 Å². The minimum absolute atomic E-state index is 0.124. The number of halogens is 1. The average Bonchev–Trinajstić information content (AvgIpc) is 3.04. The highest BCUT2D eigenvalue weighted by molar-refractivity contribution is 6.30. The molecule has 1 aliphatic heterocycles. The molecule has 110 valence electrons.